The molecular formula is C6H14BrNO2. The van der Waals surface area contributed by atoms with Crippen LogP contribution in [0.15, 0.2) is 0 Å². The van der Waals surface area contributed by atoms with Crippen LogP contribution in [0.4, 0.5) is 0 Å². The largest absolute Gasteiger partial charge is 1.00 e. The van der Waals surface area contributed by atoms with Gasteiger partial charge in [-0.05, 0) is 0 Å². The monoisotopic (exact) mass is 217 g/mol. The summed E-state index contributed by atoms with van der Waals surface area (Å²) in [7, 11) is 7.22. The fraction of sp³-hybridized carbons (Fsp3) is 0.833. The number of likely N-dealkylation sites (N-methyl/N-ethyl adjacent to an activating group) is 1. The van der Waals surface area contributed by atoms with Crippen LogP contribution >= 0.6 is 0 Å². The maximum Gasteiger partial charge on any atom is 0.361 e. The topological polar surface area (TPSA) is 26.3 Å². The van der Waals surface area contributed by atoms with Gasteiger partial charge >= 0.3 is 5.97 Å². The molecule has 0 aliphatic carbocycles. The van der Waals surface area contributed by atoms with E-state index in [1.165, 1.54) is 7.11 Å². The molecule has 10 heavy (non-hydrogen) atoms. The fourth-order valence-corrected chi connectivity index (χ4v) is 0.452. The van der Waals surface area contributed by atoms with Gasteiger partial charge in [0, 0.05) is 0 Å². The normalized spacial score (nSPS) is 10.0. The fourth-order valence-electron chi connectivity index (χ4n) is 0.452. The molecule has 4 heteroatoms. The van der Waals surface area contributed by atoms with Crippen LogP contribution < -0.4 is 17.0 Å². The Morgan fingerprint density at radius 1 is 1.50 bits per heavy atom. The molecule has 0 spiro atoms. The highest BCUT2D eigenvalue weighted by Gasteiger charge is 2.13. The minimum atomic E-state index is -0.164. The van der Waals surface area contributed by atoms with Crippen LogP contribution in [0.3, 0.4) is 0 Å². The third-order valence-corrected chi connectivity index (χ3v) is 0.831. The summed E-state index contributed by atoms with van der Waals surface area (Å²) < 4.78 is 5.09. The molecular weight excluding hydrogens is 204 g/mol. The summed E-state index contributed by atoms with van der Waals surface area (Å²) in [6.45, 7) is 0.427. The quantitative estimate of drug-likeness (QED) is 0.362. The van der Waals surface area contributed by atoms with E-state index in [4.69, 9.17) is 0 Å². The van der Waals surface area contributed by atoms with Gasteiger partial charge in [0.25, 0.3) is 0 Å². The molecule has 0 aromatic heterocycles. The molecule has 0 atom stereocenters. The molecule has 0 rings (SSSR count). The average molecular weight is 218 g/mol. The molecule has 0 amide bonds. The smallest absolute Gasteiger partial charge is 0.361 e. The molecule has 0 heterocycles. The summed E-state index contributed by atoms with van der Waals surface area (Å²) in [4.78, 5) is 10.6. The highest BCUT2D eigenvalue weighted by molar-refractivity contribution is 5.70. The molecule has 0 unspecified atom stereocenters. The Kier molecular flexibility index (Phi) is 5.89. The predicted molar refractivity (Wildman–Crippen MR) is 34.9 cm³/mol. The number of nitrogens with zero attached hydrogens (tertiary/aromatic N) is 1. The van der Waals surface area contributed by atoms with Gasteiger partial charge in [0.15, 0.2) is 6.54 Å². The molecule has 0 N–H and O–H groups in total. The Bertz CT molecular complexity index is 109. The van der Waals surface area contributed by atoms with Gasteiger partial charge in [0.2, 0.25) is 0 Å². The molecule has 0 radical (unpaired) electrons. The van der Waals surface area contributed by atoms with Crippen molar-refractivity contribution in [3.8, 4) is 0 Å². The zero-order valence-corrected chi connectivity index (χ0v) is 8.43. The second-order valence-electron chi connectivity index (χ2n) is 3.02. The van der Waals surface area contributed by atoms with Gasteiger partial charge < -0.3 is 26.2 Å². The minimum Gasteiger partial charge on any atom is -1.00 e. The van der Waals surface area contributed by atoms with Crippen LogP contribution in [-0.2, 0) is 9.53 Å². The number of ether oxygens (including phenoxy) is 1. The van der Waals surface area contributed by atoms with E-state index in [0.717, 1.165) is 0 Å². The first-order chi connectivity index (χ1) is 3.95. The molecule has 0 saturated heterocycles. The molecule has 0 fully saturated rings. The first-order valence-electron chi connectivity index (χ1n) is 2.83. The zero-order chi connectivity index (χ0) is 7.49. The zero-order valence-electron chi connectivity index (χ0n) is 6.85. The van der Waals surface area contributed by atoms with Crippen molar-refractivity contribution >= 4 is 5.97 Å². The predicted octanol–water partition coefficient (Wildman–Crippen LogP) is -3.13. The standard InChI is InChI=1S/C6H14NO2.BrH/c1-7(2,3)5-6(8)9-4;/h5H2,1-4H3;1H/q+1;/p-1/i1+2,2+2,3+2;. The summed E-state index contributed by atoms with van der Waals surface area (Å²) in [5.74, 6) is -0.164. The van der Waals surface area contributed by atoms with Gasteiger partial charge in [-0.25, -0.2) is 4.79 Å². The van der Waals surface area contributed by atoms with Crippen LogP contribution in [0.1, 0.15) is 0 Å². The van der Waals surface area contributed by atoms with Gasteiger partial charge in [-0.3, -0.25) is 0 Å². The minimum absolute atomic E-state index is 0. The molecule has 0 aromatic rings. The molecule has 62 valence electrons. The van der Waals surface area contributed by atoms with E-state index in [0.29, 0.717) is 11.0 Å². The van der Waals surface area contributed by atoms with Crippen molar-refractivity contribution in [2.45, 2.75) is 0 Å². The van der Waals surface area contributed by atoms with E-state index in [9.17, 15) is 4.79 Å². The molecule has 0 bridgehead atoms. The van der Waals surface area contributed by atoms with Crippen molar-refractivity contribution in [2.24, 2.45) is 0 Å². The number of halogens is 1. The van der Waals surface area contributed by atoms with Crippen molar-refractivity contribution in [2.75, 3.05) is 34.8 Å². The van der Waals surface area contributed by atoms with E-state index in [2.05, 4.69) is 4.74 Å². The van der Waals surface area contributed by atoms with Crippen molar-refractivity contribution in [1.82, 2.24) is 0 Å². The SMILES string of the molecule is COC(=O)C[N+]([14CH3])([14CH3])[14CH3].[Br-]. The Hall–Kier alpha value is -0.0900. The van der Waals surface area contributed by atoms with Gasteiger partial charge in [0.05, 0.1) is 28.3 Å². The van der Waals surface area contributed by atoms with Crippen LogP contribution in [0.5, 0.6) is 0 Å². The summed E-state index contributed by atoms with van der Waals surface area (Å²) in [6, 6.07) is 0. The van der Waals surface area contributed by atoms with E-state index >= 15 is 0 Å². The second-order valence-corrected chi connectivity index (χ2v) is 3.02. The summed E-state index contributed by atoms with van der Waals surface area (Å²) >= 11 is 0. The van der Waals surface area contributed by atoms with Gasteiger partial charge in [-0.15, -0.1) is 0 Å². The highest BCUT2D eigenvalue weighted by Crippen LogP contribution is 1.89. The van der Waals surface area contributed by atoms with Crippen LogP contribution in [-0.4, -0.2) is 45.2 Å². The van der Waals surface area contributed by atoms with Crippen molar-refractivity contribution in [3.05, 3.63) is 0 Å². The van der Waals surface area contributed by atoms with E-state index < -0.39 is 0 Å². The maximum absolute atomic E-state index is 10.6. The molecule has 0 aliphatic heterocycles. The lowest BCUT2D eigenvalue weighted by molar-refractivity contribution is -0.862. The number of hydrogen-bond donors (Lipinski definition) is 0. The number of quaternary nitrogens is 1. The summed E-state index contributed by atoms with van der Waals surface area (Å²) in [5.41, 5.74) is 0. The van der Waals surface area contributed by atoms with Gasteiger partial charge in [-0.2, -0.15) is 0 Å². The Balaban J connectivity index is 0. The Labute approximate surface area is 72.3 Å². The van der Waals surface area contributed by atoms with E-state index in [-0.39, 0.29) is 23.0 Å². The highest BCUT2D eigenvalue weighted by atomic mass is 79.9. The first-order valence-corrected chi connectivity index (χ1v) is 2.83. The average Bonchev–Trinajstić information content (AvgIpc) is 1.62. The molecule has 0 aromatic carbocycles. The number of esters is 1. The Morgan fingerprint density at radius 2 is 1.90 bits per heavy atom. The number of carbonyl (C=O) groups is 1. The number of hydrogen-bond acceptors (Lipinski definition) is 2. The number of methoxy groups -OCH3 is 1. The van der Waals surface area contributed by atoms with E-state index in [1.54, 1.807) is 0 Å². The van der Waals surface area contributed by atoms with Crippen LogP contribution in [0.2, 0.25) is 0 Å². The third-order valence-electron chi connectivity index (χ3n) is 0.831. The lowest BCUT2D eigenvalue weighted by Gasteiger charge is -2.21. The van der Waals surface area contributed by atoms with Gasteiger partial charge in [0.1, 0.15) is 0 Å². The van der Waals surface area contributed by atoms with Crippen molar-refractivity contribution in [3.63, 3.8) is 0 Å². The summed E-state index contributed by atoms with van der Waals surface area (Å²) in [5, 5.41) is 0. The van der Waals surface area contributed by atoms with Crippen molar-refractivity contribution < 1.29 is 31.0 Å². The number of carbonyl (C=O) groups excluding carboxylic acids is 1. The molecule has 0 aliphatic rings. The lowest BCUT2D eigenvalue weighted by Crippen LogP contribution is -3.00. The van der Waals surface area contributed by atoms with Gasteiger partial charge in [-0.1, -0.05) is 0 Å². The summed E-state index contributed by atoms with van der Waals surface area (Å²) in [6.07, 6.45) is 0. The Morgan fingerprint density at radius 3 is 2.00 bits per heavy atom. The van der Waals surface area contributed by atoms with Crippen LogP contribution in [0, 0.1) is 0 Å². The van der Waals surface area contributed by atoms with Crippen LogP contribution in [0.25, 0.3) is 0 Å². The lowest BCUT2D eigenvalue weighted by atomic mass is 10.7. The second kappa shape index (κ2) is 4.68. The third kappa shape index (κ3) is 7.91. The number of rotatable bonds is 2. The van der Waals surface area contributed by atoms with Crippen molar-refractivity contribution in [1.29, 1.82) is 0 Å². The first kappa shape index (κ1) is 12.6. The van der Waals surface area contributed by atoms with E-state index in [1.807, 2.05) is 21.1 Å². The molecule has 3 nitrogen and oxygen atoms in total. The molecule has 0 saturated carbocycles. The maximum atomic E-state index is 10.6.